The second-order valence-electron chi connectivity index (χ2n) is 6.15. The number of amides is 1. The maximum atomic E-state index is 11.8. The summed E-state index contributed by atoms with van der Waals surface area (Å²) in [6.45, 7) is 2.03. The monoisotopic (exact) mass is 314 g/mol. The number of carbonyl (C=O) groups is 2. The molecule has 7 heteroatoms. The Morgan fingerprint density at radius 3 is 2.39 bits per heavy atom. The summed E-state index contributed by atoms with van der Waals surface area (Å²) >= 11 is 0. The molecule has 3 rings (SSSR count). The SMILES string of the molecule is CC1(n2nc(-c3ccc(CC(=O)O)cc3)c(C(N)=O)c2N)CC1. The van der Waals surface area contributed by atoms with E-state index in [1.165, 1.54) is 0 Å². The molecule has 7 nitrogen and oxygen atoms in total. The summed E-state index contributed by atoms with van der Waals surface area (Å²) in [7, 11) is 0. The summed E-state index contributed by atoms with van der Waals surface area (Å²) in [5, 5.41) is 13.3. The van der Waals surface area contributed by atoms with E-state index in [1.54, 1.807) is 28.9 Å². The van der Waals surface area contributed by atoms with Crippen LogP contribution in [-0.4, -0.2) is 26.8 Å². The van der Waals surface area contributed by atoms with E-state index in [-0.39, 0.29) is 23.3 Å². The molecule has 1 aromatic carbocycles. The van der Waals surface area contributed by atoms with E-state index in [4.69, 9.17) is 16.6 Å². The number of aromatic nitrogens is 2. The molecule has 1 aromatic heterocycles. The van der Waals surface area contributed by atoms with Crippen molar-refractivity contribution in [3.05, 3.63) is 35.4 Å². The predicted molar refractivity (Wildman–Crippen MR) is 84.8 cm³/mol. The third-order valence-corrected chi connectivity index (χ3v) is 4.24. The number of nitrogens with two attached hydrogens (primary N) is 2. The van der Waals surface area contributed by atoms with Crippen molar-refractivity contribution in [1.82, 2.24) is 9.78 Å². The number of aliphatic carboxylic acids is 1. The fourth-order valence-electron chi connectivity index (χ4n) is 2.64. The van der Waals surface area contributed by atoms with E-state index < -0.39 is 11.9 Å². The number of anilines is 1. The van der Waals surface area contributed by atoms with Crippen LogP contribution in [0, 0.1) is 0 Å². The molecule has 1 aliphatic rings. The first-order valence-corrected chi connectivity index (χ1v) is 7.32. The third kappa shape index (κ3) is 2.65. The van der Waals surface area contributed by atoms with Gasteiger partial charge in [-0.3, -0.25) is 9.59 Å². The van der Waals surface area contributed by atoms with Crippen LogP contribution in [0.2, 0.25) is 0 Å². The number of nitrogen functional groups attached to an aromatic ring is 1. The van der Waals surface area contributed by atoms with Crippen LogP contribution in [0.1, 0.15) is 35.7 Å². The molecule has 0 bridgehead atoms. The smallest absolute Gasteiger partial charge is 0.307 e. The lowest BCUT2D eigenvalue weighted by Crippen LogP contribution is -2.19. The van der Waals surface area contributed by atoms with Crippen molar-refractivity contribution >= 4 is 17.7 Å². The number of rotatable bonds is 5. The second kappa shape index (κ2) is 5.12. The molecule has 0 radical (unpaired) electrons. The summed E-state index contributed by atoms with van der Waals surface area (Å²) in [5.41, 5.74) is 13.4. The van der Waals surface area contributed by atoms with Gasteiger partial charge in [-0.15, -0.1) is 0 Å². The van der Waals surface area contributed by atoms with Crippen molar-refractivity contribution < 1.29 is 14.7 Å². The van der Waals surface area contributed by atoms with Gasteiger partial charge in [0.2, 0.25) is 0 Å². The zero-order valence-electron chi connectivity index (χ0n) is 12.7. The largest absolute Gasteiger partial charge is 0.481 e. The Morgan fingerprint density at radius 1 is 1.30 bits per heavy atom. The van der Waals surface area contributed by atoms with Crippen molar-refractivity contribution in [2.45, 2.75) is 31.7 Å². The molecule has 1 fully saturated rings. The zero-order valence-corrected chi connectivity index (χ0v) is 12.7. The van der Waals surface area contributed by atoms with Crippen LogP contribution < -0.4 is 11.5 Å². The molecule has 1 heterocycles. The fourth-order valence-corrected chi connectivity index (χ4v) is 2.64. The van der Waals surface area contributed by atoms with Crippen molar-refractivity contribution in [2.24, 2.45) is 5.73 Å². The molecular formula is C16H18N4O3. The van der Waals surface area contributed by atoms with Crippen LogP contribution in [0.15, 0.2) is 24.3 Å². The molecule has 0 spiro atoms. The van der Waals surface area contributed by atoms with E-state index >= 15 is 0 Å². The maximum Gasteiger partial charge on any atom is 0.307 e. The van der Waals surface area contributed by atoms with Gasteiger partial charge in [-0.25, -0.2) is 4.68 Å². The number of hydrogen-bond donors (Lipinski definition) is 3. The Morgan fingerprint density at radius 2 is 1.91 bits per heavy atom. The summed E-state index contributed by atoms with van der Waals surface area (Å²) in [5.74, 6) is -1.24. The highest BCUT2D eigenvalue weighted by Gasteiger charge is 2.43. The molecule has 0 unspecified atom stereocenters. The topological polar surface area (TPSA) is 124 Å². The summed E-state index contributed by atoms with van der Waals surface area (Å²) in [6, 6.07) is 6.85. The highest BCUT2D eigenvalue weighted by atomic mass is 16.4. The Balaban J connectivity index is 2.05. The lowest BCUT2D eigenvalue weighted by molar-refractivity contribution is -0.136. The van der Waals surface area contributed by atoms with Gasteiger partial charge in [-0.05, 0) is 25.3 Å². The van der Waals surface area contributed by atoms with Gasteiger partial charge in [0.1, 0.15) is 17.1 Å². The van der Waals surface area contributed by atoms with Crippen molar-refractivity contribution in [2.75, 3.05) is 5.73 Å². The highest BCUT2D eigenvalue weighted by molar-refractivity contribution is 6.03. The fraction of sp³-hybridized carbons (Fsp3) is 0.312. The van der Waals surface area contributed by atoms with Gasteiger partial charge in [-0.1, -0.05) is 24.3 Å². The highest BCUT2D eigenvalue weighted by Crippen LogP contribution is 2.45. The number of carbonyl (C=O) groups excluding carboxylic acids is 1. The molecule has 1 amide bonds. The van der Waals surface area contributed by atoms with Crippen molar-refractivity contribution in [3.63, 3.8) is 0 Å². The number of carboxylic acids is 1. The quantitative estimate of drug-likeness (QED) is 0.768. The Kier molecular flexibility index (Phi) is 3.35. The van der Waals surface area contributed by atoms with Crippen LogP contribution in [-0.2, 0) is 16.8 Å². The minimum atomic E-state index is -0.897. The van der Waals surface area contributed by atoms with E-state index in [2.05, 4.69) is 5.10 Å². The summed E-state index contributed by atoms with van der Waals surface area (Å²) in [4.78, 5) is 22.5. The van der Waals surface area contributed by atoms with Crippen molar-refractivity contribution in [3.8, 4) is 11.3 Å². The molecular weight excluding hydrogens is 296 g/mol. The number of carboxylic acid groups (broad SMARTS) is 1. The first-order valence-electron chi connectivity index (χ1n) is 7.32. The van der Waals surface area contributed by atoms with Gasteiger partial charge in [0.15, 0.2) is 0 Å². The molecule has 0 saturated heterocycles. The lowest BCUT2D eigenvalue weighted by atomic mass is 10.0. The normalized spacial score (nSPS) is 15.3. The average Bonchev–Trinajstić information content (AvgIpc) is 3.10. The van der Waals surface area contributed by atoms with E-state index in [9.17, 15) is 9.59 Å². The van der Waals surface area contributed by atoms with Crippen molar-refractivity contribution in [1.29, 1.82) is 0 Å². The molecule has 1 saturated carbocycles. The average molecular weight is 314 g/mol. The van der Waals surface area contributed by atoms with Gasteiger partial charge < -0.3 is 16.6 Å². The molecule has 1 aliphatic carbocycles. The number of nitrogens with zero attached hydrogens (tertiary/aromatic N) is 2. The Labute approximate surface area is 132 Å². The van der Waals surface area contributed by atoms with Gasteiger partial charge >= 0.3 is 5.97 Å². The van der Waals surface area contributed by atoms with E-state index in [0.717, 1.165) is 12.8 Å². The molecule has 0 atom stereocenters. The first kappa shape index (κ1) is 15.1. The minimum Gasteiger partial charge on any atom is -0.481 e. The minimum absolute atomic E-state index is 0.0579. The molecule has 2 aromatic rings. The van der Waals surface area contributed by atoms with E-state index in [1.807, 2.05) is 6.92 Å². The zero-order chi connectivity index (χ0) is 16.8. The Bertz CT molecular complexity index is 788. The van der Waals surface area contributed by atoms with Crippen LogP contribution in [0.25, 0.3) is 11.3 Å². The van der Waals surface area contributed by atoms with Gasteiger partial charge in [0.25, 0.3) is 5.91 Å². The summed E-state index contributed by atoms with van der Waals surface area (Å²) < 4.78 is 1.67. The van der Waals surface area contributed by atoms with Crippen LogP contribution in [0.4, 0.5) is 5.82 Å². The van der Waals surface area contributed by atoms with Crippen LogP contribution in [0.3, 0.4) is 0 Å². The number of benzene rings is 1. The predicted octanol–water partition coefficient (Wildman–Crippen LogP) is 1.37. The summed E-state index contributed by atoms with van der Waals surface area (Å²) in [6.07, 6.45) is 1.85. The van der Waals surface area contributed by atoms with Crippen LogP contribution in [0.5, 0.6) is 0 Å². The van der Waals surface area contributed by atoms with Gasteiger partial charge in [0.05, 0.1) is 12.0 Å². The Hall–Kier alpha value is -2.83. The number of primary amides is 1. The number of hydrogen-bond acceptors (Lipinski definition) is 4. The first-order chi connectivity index (χ1) is 10.8. The molecule has 5 N–H and O–H groups in total. The van der Waals surface area contributed by atoms with Gasteiger partial charge in [-0.2, -0.15) is 5.10 Å². The maximum absolute atomic E-state index is 11.8. The molecule has 0 aliphatic heterocycles. The standard InChI is InChI=1S/C16H18N4O3/c1-16(6-7-16)20-14(17)12(15(18)23)13(19-20)10-4-2-9(3-5-10)8-11(21)22/h2-5H,6-8,17H2,1H3,(H2,18,23)(H,21,22). The third-order valence-electron chi connectivity index (χ3n) is 4.24. The van der Waals surface area contributed by atoms with E-state index in [0.29, 0.717) is 16.8 Å². The van der Waals surface area contributed by atoms with Crippen LogP contribution >= 0.6 is 0 Å². The second-order valence-corrected chi connectivity index (χ2v) is 6.15. The molecule has 23 heavy (non-hydrogen) atoms. The lowest BCUT2D eigenvalue weighted by Gasteiger charge is -2.10. The molecule has 120 valence electrons. The van der Waals surface area contributed by atoms with Gasteiger partial charge in [0, 0.05) is 5.56 Å².